The molecule has 92 valence electrons. The first kappa shape index (κ1) is 12.2. The lowest BCUT2D eigenvalue weighted by molar-refractivity contribution is 0.0527. The van der Waals surface area contributed by atoms with Gasteiger partial charge in [0, 0.05) is 18.0 Å². The summed E-state index contributed by atoms with van der Waals surface area (Å²) >= 11 is 0. The summed E-state index contributed by atoms with van der Waals surface area (Å²) in [6, 6.07) is 5.89. The SMILES string of the molecule is CCOC(=O)c1ccc(F)nc1-c1cccnc1. The topological polar surface area (TPSA) is 52.1 Å². The monoisotopic (exact) mass is 246 g/mol. The number of halogens is 1. The van der Waals surface area contributed by atoms with E-state index in [1.807, 2.05) is 0 Å². The van der Waals surface area contributed by atoms with Crippen LogP contribution in [0.4, 0.5) is 4.39 Å². The maximum atomic E-state index is 13.2. The van der Waals surface area contributed by atoms with Crippen molar-refractivity contribution in [3.63, 3.8) is 0 Å². The number of nitrogens with zero attached hydrogens (tertiary/aromatic N) is 2. The van der Waals surface area contributed by atoms with Crippen LogP contribution in [0.3, 0.4) is 0 Å². The van der Waals surface area contributed by atoms with Crippen molar-refractivity contribution in [2.45, 2.75) is 6.92 Å². The van der Waals surface area contributed by atoms with Crippen LogP contribution in [0, 0.1) is 5.95 Å². The number of aromatic nitrogens is 2. The van der Waals surface area contributed by atoms with Crippen LogP contribution in [0.5, 0.6) is 0 Å². The fourth-order valence-corrected chi connectivity index (χ4v) is 1.53. The van der Waals surface area contributed by atoms with Crippen LogP contribution in [-0.4, -0.2) is 22.5 Å². The van der Waals surface area contributed by atoms with E-state index >= 15 is 0 Å². The second-order valence-corrected chi connectivity index (χ2v) is 3.49. The highest BCUT2D eigenvalue weighted by Gasteiger charge is 2.16. The Labute approximate surface area is 103 Å². The van der Waals surface area contributed by atoms with Crippen LogP contribution in [0.15, 0.2) is 36.7 Å². The average Bonchev–Trinajstić information content (AvgIpc) is 2.40. The molecule has 0 atom stereocenters. The van der Waals surface area contributed by atoms with Gasteiger partial charge in [0.2, 0.25) is 5.95 Å². The van der Waals surface area contributed by atoms with E-state index in [2.05, 4.69) is 9.97 Å². The zero-order valence-electron chi connectivity index (χ0n) is 9.76. The first-order valence-electron chi connectivity index (χ1n) is 5.46. The Hall–Kier alpha value is -2.30. The highest BCUT2D eigenvalue weighted by molar-refractivity contribution is 5.95. The maximum absolute atomic E-state index is 13.2. The van der Waals surface area contributed by atoms with Crippen LogP contribution in [-0.2, 0) is 4.74 Å². The predicted molar refractivity (Wildman–Crippen MR) is 63.4 cm³/mol. The maximum Gasteiger partial charge on any atom is 0.340 e. The van der Waals surface area contributed by atoms with Crippen LogP contribution >= 0.6 is 0 Å². The summed E-state index contributed by atoms with van der Waals surface area (Å²) in [5, 5.41) is 0. The molecule has 0 saturated carbocycles. The van der Waals surface area contributed by atoms with Gasteiger partial charge in [-0.2, -0.15) is 4.39 Å². The minimum absolute atomic E-state index is 0.228. The normalized spacial score (nSPS) is 10.1. The molecule has 0 fully saturated rings. The van der Waals surface area contributed by atoms with Crippen molar-refractivity contribution in [1.82, 2.24) is 9.97 Å². The summed E-state index contributed by atoms with van der Waals surface area (Å²) in [6.45, 7) is 1.96. The number of carbonyl (C=O) groups is 1. The van der Waals surface area contributed by atoms with E-state index in [-0.39, 0.29) is 17.9 Å². The van der Waals surface area contributed by atoms with Gasteiger partial charge in [0.15, 0.2) is 0 Å². The lowest BCUT2D eigenvalue weighted by atomic mass is 10.1. The van der Waals surface area contributed by atoms with E-state index in [1.165, 1.54) is 12.3 Å². The third-order valence-corrected chi connectivity index (χ3v) is 2.29. The minimum atomic E-state index is -0.651. The summed E-state index contributed by atoms with van der Waals surface area (Å²) in [5.41, 5.74) is 1.04. The first-order valence-corrected chi connectivity index (χ1v) is 5.46. The number of esters is 1. The summed E-state index contributed by atoms with van der Waals surface area (Å²) in [6.07, 6.45) is 3.11. The van der Waals surface area contributed by atoms with E-state index in [0.717, 1.165) is 6.07 Å². The van der Waals surface area contributed by atoms with Crippen LogP contribution in [0.25, 0.3) is 11.3 Å². The molecule has 4 nitrogen and oxygen atoms in total. The molecule has 0 amide bonds. The third kappa shape index (κ3) is 2.51. The van der Waals surface area contributed by atoms with Gasteiger partial charge < -0.3 is 4.74 Å². The van der Waals surface area contributed by atoms with Crippen molar-refractivity contribution in [2.75, 3.05) is 6.61 Å². The Bertz CT molecular complexity index is 558. The number of hydrogen-bond acceptors (Lipinski definition) is 4. The molecule has 2 rings (SSSR count). The summed E-state index contributed by atoms with van der Waals surface area (Å²) < 4.78 is 18.1. The molecule has 0 unspecified atom stereocenters. The molecule has 2 aromatic heterocycles. The van der Waals surface area contributed by atoms with Crippen molar-refractivity contribution in [3.05, 3.63) is 48.2 Å². The Morgan fingerprint density at radius 3 is 2.89 bits per heavy atom. The lowest BCUT2D eigenvalue weighted by Gasteiger charge is -2.07. The second-order valence-electron chi connectivity index (χ2n) is 3.49. The molecule has 2 heterocycles. The molecule has 0 aliphatic rings. The number of hydrogen-bond donors (Lipinski definition) is 0. The first-order chi connectivity index (χ1) is 8.72. The van der Waals surface area contributed by atoms with E-state index in [9.17, 15) is 9.18 Å². The van der Waals surface area contributed by atoms with E-state index < -0.39 is 11.9 Å². The molecule has 0 aliphatic heterocycles. The number of rotatable bonds is 3. The third-order valence-electron chi connectivity index (χ3n) is 2.29. The smallest absolute Gasteiger partial charge is 0.340 e. The number of carbonyl (C=O) groups excluding carboxylic acids is 1. The van der Waals surface area contributed by atoms with Gasteiger partial charge in [-0.3, -0.25) is 4.98 Å². The molecule has 0 bridgehead atoms. The fourth-order valence-electron chi connectivity index (χ4n) is 1.53. The van der Waals surface area contributed by atoms with Gasteiger partial charge >= 0.3 is 5.97 Å². The summed E-state index contributed by atoms with van der Waals surface area (Å²) in [7, 11) is 0. The Morgan fingerprint density at radius 1 is 1.39 bits per heavy atom. The molecular formula is C13H11FN2O2. The van der Waals surface area contributed by atoms with Gasteiger partial charge in [0.1, 0.15) is 0 Å². The molecule has 0 aliphatic carbocycles. The van der Waals surface area contributed by atoms with E-state index in [1.54, 1.807) is 25.3 Å². The molecule has 0 radical (unpaired) electrons. The summed E-state index contributed by atoms with van der Waals surface area (Å²) in [4.78, 5) is 19.4. The zero-order valence-corrected chi connectivity index (χ0v) is 9.76. The molecule has 18 heavy (non-hydrogen) atoms. The Balaban J connectivity index is 2.51. The molecule has 2 aromatic rings. The van der Waals surface area contributed by atoms with Crippen molar-refractivity contribution >= 4 is 5.97 Å². The Morgan fingerprint density at radius 2 is 2.22 bits per heavy atom. The minimum Gasteiger partial charge on any atom is -0.462 e. The molecule has 0 aromatic carbocycles. The number of pyridine rings is 2. The highest BCUT2D eigenvalue weighted by Crippen LogP contribution is 2.21. The predicted octanol–water partition coefficient (Wildman–Crippen LogP) is 2.46. The largest absolute Gasteiger partial charge is 0.462 e. The summed E-state index contributed by atoms with van der Waals surface area (Å²) in [5.74, 6) is -1.18. The van der Waals surface area contributed by atoms with Gasteiger partial charge in [-0.25, -0.2) is 9.78 Å². The van der Waals surface area contributed by atoms with Crippen LogP contribution in [0.1, 0.15) is 17.3 Å². The van der Waals surface area contributed by atoms with E-state index in [4.69, 9.17) is 4.74 Å². The van der Waals surface area contributed by atoms with Gasteiger partial charge in [-0.05, 0) is 31.2 Å². The highest BCUT2D eigenvalue weighted by atomic mass is 19.1. The van der Waals surface area contributed by atoms with Gasteiger partial charge in [0.05, 0.1) is 17.9 Å². The van der Waals surface area contributed by atoms with Crippen molar-refractivity contribution in [2.24, 2.45) is 0 Å². The van der Waals surface area contributed by atoms with Gasteiger partial charge in [-0.15, -0.1) is 0 Å². The molecule has 0 saturated heterocycles. The Kier molecular flexibility index (Phi) is 3.62. The molecular weight excluding hydrogens is 235 g/mol. The second kappa shape index (κ2) is 5.35. The molecule has 0 spiro atoms. The lowest BCUT2D eigenvalue weighted by Crippen LogP contribution is -2.08. The molecule has 5 heteroatoms. The van der Waals surface area contributed by atoms with Crippen molar-refractivity contribution < 1.29 is 13.9 Å². The molecule has 0 N–H and O–H groups in total. The fraction of sp³-hybridized carbons (Fsp3) is 0.154. The van der Waals surface area contributed by atoms with Gasteiger partial charge in [-0.1, -0.05) is 0 Å². The van der Waals surface area contributed by atoms with E-state index in [0.29, 0.717) is 5.56 Å². The van der Waals surface area contributed by atoms with Crippen molar-refractivity contribution in [3.8, 4) is 11.3 Å². The van der Waals surface area contributed by atoms with Crippen LogP contribution in [0.2, 0.25) is 0 Å². The number of ether oxygens (including phenoxy) is 1. The zero-order chi connectivity index (χ0) is 13.0. The quantitative estimate of drug-likeness (QED) is 0.616. The van der Waals surface area contributed by atoms with Crippen LogP contribution < -0.4 is 0 Å². The average molecular weight is 246 g/mol. The standard InChI is InChI=1S/C13H11FN2O2/c1-2-18-13(17)10-5-6-11(14)16-12(10)9-4-3-7-15-8-9/h3-8H,2H2,1H3. The van der Waals surface area contributed by atoms with Gasteiger partial charge in [0.25, 0.3) is 0 Å². The van der Waals surface area contributed by atoms with Crippen molar-refractivity contribution in [1.29, 1.82) is 0 Å².